The fourth-order valence-electron chi connectivity index (χ4n) is 4.36. The summed E-state index contributed by atoms with van der Waals surface area (Å²) in [7, 11) is 0. The minimum absolute atomic E-state index is 0.608. The van der Waals surface area contributed by atoms with Crippen molar-refractivity contribution in [1.82, 2.24) is 4.90 Å². The molecule has 0 spiro atoms. The van der Waals surface area contributed by atoms with E-state index in [1.54, 1.807) is 0 Å². The molecule has 3 heterocycles. The minimum atomic E-state index is 0.608. The van der Waals surface area contributed by atoms with Gasteiger partial charge in [0.05, 0.1) is 6.61 Å². The van der Waals surface area contributed by atoms with Gasteiger partial charge in [-0.15, -0.1) is 0 Å². The molecule has 3 aliphatic rings. The first-order valence-corrected chi connectivity index (χ1v) is 10.2. The lowest BCUT2D eigenvalue weighted by atomic mass is 9.75. The van der Waals surface area contributed by atoms with Gasteiger partial charge in [0.2, 0.25) is 0 Å². The molecule has 1 radical (unpaired) electrons. The van der Waals surface area contributed by atoms with Crippen molar-refractivity contribution in [2.45, 2.75) is 63.7 Å². The molecule has 0 aromatic heterocycles. The molecule has 3 saturated heterocycles. The zero-order valence-corrected chi connectivity index (χ0v) is 15.4. The Balaban J connectivity index is 1.40. The second-order valence-corrected chi connectivity index (χ2v) is 7.62. The number of hydrogen-bond donors (Lipinski definition) is 0. The van der Waals surface area contributed by atoms with Crippen molar-refractivity contribution >= 4 is 6.29 Å². The molecule has 137 valence electrons. The molecule has 3 heteroatoms. The maximum atomic E-state index is 10.3. The van der Waals surface area contributed by atoms with Crippen molar-refractivity contribution in [2.24, 2.45) is 5.92 Å². The Kier molecular flexibility index (Phi) is 7.35. The normalized spacial score (nSPS) is 25.0. The number of ether oxygens (including phenoxy) is 1. The van der Waals surface area contributed by atoms with Crippen molar-refractivity contribution < 1.29 is 9.53 Å². The first kappa shape index (κ1) is 18.4. The summed E-state index contributed by atoms with van der Waals surface area (Å²) in [5.74, 6) is 2.49. The van der Waals surface area contributed by atoms with E-state index in [4.69, 9.17) is 4.74 Å². The highest BCUT2D eigenvalue weighted by atomic mass is 16.5. The average molecular weight is 343 g/mol. The lowest BCUT2D eigenvalue weighted by Gasteiger charge is -2.45. The van der Waals surface area contributed by atoms with E-state index >= 15 is 0 Å². The molecule has 1 atom stereocenters. The van der Waals surface area contributed by atoms with Gasteiger partial charge in [0, 0.05) is 24.4 Å². The van der Waals surface area contributed by atoms with E-state index in [9.17, 15) is 4.79 Å². The van der Waals surface area contributed by atoms with Gasteiger partial charge in [-0.25, -0.2) is 0 Å². The minimum Gasteiger partial charge on any atom is -0.493 e. The third-order valence-corrected chi connectivity index (χ3v) is 5.85. The third-order valence-electron chi connectivity index (χ3n) is 5.85. The summed E-state index contributed by atoms with van der Waals surface area (Å²) in [6.07, 6.45) is 11.4. The standard InChI is InChI=1S/C22H32NO2/c24-16-8-4-2-1-3-5-9-17-25-22-11-7-6-10-20(22)21-18-23-14-12-19(21)13-15-23/h6-7,11,16,19,21H,1-5,8-9,12-15,17-18H2/t21-/m1/s1. The highest BCUT2D eigenvalue weighted by Crippen LogP contribution is 2.41. The van der Waals surface area contributed by atoms with Crippen LogP contribution >= 0.6 is 0 Å². The van der Waals surface area contributed by atoms with E-state index in [-0.39, 0.29) is 0 Å². The van der Waals surface area contributed by atoms with Gasteiger partial charge in [-0.3, -0.25) is 0 Å². The Morgan fingerprint density at radius 2 is 1.88 bits per heavy atom. The van der Waals surface area contributed by atoms with Crippen LogP contribution in [0.25, 0.3) is 0 Å². The zero-order chi connectivity index (χ0) is 17.3. The molecule has 0 N–H and O–H groups in total. The number of aldehydes is 1. The van der Waals surface area contributed by atoms with Crippen LogP contribution < -0.4 is 4.74 Å². The van der Waals surface area contributed by atoms with Crippen LogP contribution in [0.3, 0.4) is 0 Å². The molecule has 2 bridgehead atoms. The highest BCUT2D eigenvalue weighted by Gasteiger charge is 2.36. The van der Waals surface area contributed by atoms with Gasteiger partial charge in [0.25, 0.3) is 0 Å². The van der Waals surface area contributed by atoms with Crippen LogP contribution in [0.1, 0.15) is 69.3 Å². The van der Waals surface area contributed by atoms with Crippen LogP contribution in [0.15, 0.2) is 18.2 Å². The topological polar surface area (TPSA) is 29.5 Å². The Labute approximate surface area is 152 Å². The molecule has 0 unspecified atom stereocenters. The van der Waals surface area contributed by atoms with Gasteiger partial charge >= 0.3 is 0 Å². The predicted molar refractivity (Wildman–Crippen MR) is 101 cm³/mol. The van der Waals surface area contributed by atoms with E-state index in [0.29, 0.717) is 5.92 Å². The monoisotopic (exact) mass is 342 g/mol. The molecule has 4 rings (SSSR count). The molecule has 3 aliphatic heterocycles. The highest BCUT2D eigenvalue weighted by molar-refractivity contribution is 5.48. The van der Waals surface area contributed by atoms with Crippen LogP contribution in [0.2, 0.25) is 0 Å². The van der Waals surface area contributed by atoms with Crippen molar-refractivity contribution in [2.75, 3.05) is 26.2 Å². The summed E-state index contributed by atoms with van der Waals surface area (Å²) in [4.78, 5) is 12.9. The molecule has 1 aromatic carbocycles. The molecule has 3 nitrogen and oxygen atoms in total. The Hall–Kier alpha value is -1.35. The van der Waals surface area contributed by atoms with Gasteiger partial charge < -0.3 is 14.4 Å². The smallest absolute Gasteiger partial charge is 0.123 e. The van der Waals surface area contributed by atoms with Crippen molar-refractivity contribution in [1.29, 1.82) is 0 Å². The molecule has 0 aliphatic carbocycles. The average Bonchev–Trinajstić information content (AvgIpc) is 2.68. The quantitative estimate of drug-likeness (QED) is 0.435. The van der Waals surface area contributed by atoms with Crippen molar-refractivity contribution in [3.63, 3.8) is 0 Å². The van der Waals surface area contributed by atoms with E-state index in [2.05, 4.69) is 17.0 Å². The summed E-state index contributed by atoms with van der Waals surface area (Å²) in [5, 5.41) is 0. The fraction of sp³-hybridized carbons (Fsp3) is 0.682. The van der Waals surface area contributed by atoms with Crippen molar-refractivity contribution in [3.05, 3.63) is 29.8 Å². The molecule has 25 heavy (non-hydrogen) atoms. The first-order chi connectivity index (χ1) is 12.4. The zero-order valence-electron chi connectivity index (χ0n) is 15.4. The van der Waals surface area contributed by atoms with E-state index < -0.39 is 0 Å². The van der Waals surface area contributed by atoms with Crippen molar-refractivity contribution in [3.8, 4) is 5.75 Å². The SMILES string of the molecule is O=CCCCCCCCCOc1ccc[c]c1[C@@H]1CN2CCC1CC2. The van der Waals surface area contributed by atoms with Gasteiger partial charge in [0.15, 0.2) is 0 Å². The van der Waals surface area contributed by atoms with Crippen LogP contribution in [-0.2, 0) is 4.79 Å². The maximum Gasteiger partial charge on any atom is 0.123 e. The largest absolute Gasteiger partial charge is 0.493 e. The number of unbranched alkanes of at least 4 members (excludes halogenated alkanes) is 6. The Morgan fingerprint density at radius 3 is 2.60 bits per heavy atom. The molecule has 0 saturated carbocycles. The molecule has 3 fully saturated rings. The van der Waals surface area contributed by atoms with Crippen LogP contribution in [0, 0.1) is 12.0 Å². The Morgan fingerprint density at radius 1 is 1.12 bits per heavy atom. The summed E-state index contributed by atoms with van der Waals surface area (Å²) in [6, 6.07) is 9.71. The number of carbonyl (C=O) groups is 1. The third kappa shape index (κ3) is 5.31. The van der Waals surface area contributed by atoms with Gasteiger partial charge in [-0.05, 0) is 56.8 Å². The maximum absolute atomic E-state index is 10.3. The molecule has 1 aromatic rings. The number of nitrogens with zero attached hydrogens (tertiary/aromatic N) is 1. The number of fused-ring (bicyclic) bond motifs is 3. The number of hydrogen-bond acceptors (Lipinski definition) is 3. The number of benzene rings is 1. The molecular weight excluding hydrogens is 310 g/mol. The number of rotatable bonds is 11. The summed E-state index contributed by atoms with van der Waals surface area (Å²) < 4.78 is 6.15. The lowest BCUT2D eigenvalue weighted by molar-refractivity contribution is -0.107. The number of carbonyl (C=O) groups excluding carboxylic acids is 1. The Bertz CT molecular complexity index is 523. The molecule has 0 amide bonds. The van der Waals surface area contributed by atoms with E-state index in [0.717, 1.165) is 43.8 Å². The van der Waals surface area contributed by atoms with Gasteiger partial charge in [-0.1, -0.05) is 37.8 Å². The van der Waals surface area contributed by atoms with Gasteiger partial charge in [0.1, 0.15) is 12.0 Å². The first-order valence-electron chi connectivity index (χ1n) is 10.2. The predicted octanol–water partition coefficient (Wildman–Crippen LogP) is 4.60. The van der Waals surface area contributed by atoms with E-state index in [1.807, 2.05) is 12.1 Å². The second-order valence-electron chi connectivity index (χ2n) is 7.62. The number of piperidine rings is 3. The molecular formula is C22H32NO2. The van der Waals surface area contributed by atoms with Crippen LogP contribution in [0.5, 0.6) is 5.75 Å². The lowest BCUT2D eigenvalue weighted by Crippen LogP contribution is -2.46. The fourth-order valence-corrected chi connectivity index (χ4v) is 4.36. The second kappa shape index (κ2) is 9.96. The van der Waals surface area contributed by atoms with Crippen LogP contribution in [-0.4, -0.2) is 37.4 Å². The summed E-state index contributed by atoms with van der Waals surface area (Å²) >= 11 is 0. The summed E-state index contributed by atoms with van der Waals surface area (Å²) in [5.41, 5.74) is 1.31. The van der Waals surface area contributed by atoms with E-state index in [1.165, 1.54) is 63.7 Å². The van der Waals surface area contributed by atoms with Gasteiger partial charge in [-0.2, -0.15) is 0 Å². The van der Waals surface area contributed by atoms with Crippen LogP contribution in [0.4, 0.5) is 0 Å². The summed E-state index contributed by atoms with van der Waals surface area (Å²) in [6.45, 7) is 4.54.